The van der Waals surface area contributed by atoms with Gasteiger partial charge in [-0.3, -0.25) is 0 Å². The zero-order chi connectivity index (χ0) is 10.1. The van der Waals surface area contributed by atoms with E-state index in [-0.39, 0.29) is 0 Å². The van der Waals surface area contributed by atoms with E-state index in [1.54, 1.807) is 0 Å². The van der Waals surface area contributed by atoms with Crippen LogP contribution in [0.1, 0.15) is 25.8 Å². The Morgan fingerprint density at radius 3 is 2.79 bits per heavy atom. The van der Waals surface area contributed by atoms with Crippen LogP contribution < -0.4 is 5.32 Å². The molecule has 1 saturated carbocycles. The summed E-state index contributed by atoms with van der Waals surface area (Å²) in [6.07, 6.45) is 3.12. The molecule has 2 rings (SSSR count). The maximum absolute atomic E-state index is 4.35. The fourth-order valence-corrected chi connectivity index (χ4v) is 2.03. The van der Waals surface area contributed by atoms with Crippen LogP contribution in [-0.4, -0.2) is 11.0 Å². The van der Waals surface area contributed by atoms with Crippen LogP contribution in [-0.2, 0) is 0 Å². The first-order chi connectivity index (χ1) is 6.68. The molecule has 0 saturated heterocycles. The smallest absolute Gasteiger partial charge is 0.129 e. The predicted molar refractivity (Wildman–Crippen MR) is 59.3 cm³/mol. The van der Waals surface area contributed by atoms with Crippen molar-refractivity contribution >= 4 is 5.82 Å². The molecule has 2 nitrogen and oxygen atoms in total. The van der Waals surface area contributed by atoms with E-state index < -0.39 is 0 Å². The van der Waals surface area contributed by atoms with Crippen LogP contribution in [0.4, 0.5) is 5.82 Å². The quantitative estimate of drug-likeness (QED) is 0.775. The lowest BCUT2D eigenvalue weighted by Gasteiger charge is -2.41. The third-order valence-corrected chi connectivity index (χ3v) is 3.49. The number of anilines is 1. The third-order valence-electron chi connectivity index (χ3n) is 3.49. The third kappa shape index (κ3) is 1.61. The van der Waals surface area contributed by atoms with Gasteiger partial charge in [0.05, 0.1) is 0 Å². The lowest BCUT2D eigenvalue weighted by Crippen LogP contribution is -2.43. The van der Waals surface area contributed by atoms with Gasteiger partial charge in [-0.1, -0.05) is 19.9 Å². The minimum absolute atomic E-state index is 0.624. The van der Waals surface area contributed by atoms with E-state index in [1.165, 1.54) is 12.0 Å². The maximum Gasteiger partial charge on any atom is 0.129 e. The van der Waals surface area contributed by atoms with Crippen molar-refractivity contribution in [1.82, 2.24) is 4.98 Å². The molecule has 14 heavy (non-hydrogen) atoms. The van der Waals surface area contributed by atoms with Crippen molar-refractivity contribution in [2.75, 3.05) is 5.32 Å². The van der Waals surface area contributed by atoms with Gasteiger partial charge in [0.1, 0.15) is 5.82 Å². The summed E-state index contributed by atoms with van der Waals surface area (Å²) >= 11 is 0. The predicted octanol–water partition coefficient (Wildman–Crippen LogP) is 2.85. The number of pyridine rings is 1. The van der Waals surface area contributed by atoms with Gasteiger partial charge < -0.3 is 5.32 Å². The normalized spacial score (nSPS) is 30.9. The molecule has 1 aromatic heterocycles. The van der Waals surface area contributed by atoms with E-state index in [0.717, 1.165) is 17.7 Å². The lowest BCUT2D eigenvalue weighted by atomic mass is 9.71. The highest BCUT2D eigenvalue weighted by Gasteiger charge is 2.34. The number of aromatic nitrogens is 1. The largest absolute Gasteiger partial charge is 0.367 e. The lowest BCUT2D eigenvalue weighted by molar-refractivity contribution is 0.188. The van der Waals surface area contributed by atoms with E-state index in [4.69, 9.17) is 0 Å². The number of aryl methyl sites for hydroxylation is 1. The molecule has 1 heterocycles. The van der Waals surface area contributed by atoms with E-state index in [0.29, 0.717) is 6.04 Å². The van der Waals surface area contributed by atoms with Gasteiger partial charge >= 0.3 is 0 Å². The highest BCUT2D eigenvalue weighted by molar-refractivity contribution is 5.44. The standard InChI is InChI=1S/C12H18N2/c1-8-5-4-6-13-12(8)14-11-7-9(2)10(11)3/h4-6,9-11H,7H2,1-3H3,(H,13,14). The second-order valence-corrected chi connectivity index (χ2v) is 4.49. The van der Waals surface area contributed by atoms with Gasteiger partial charge in [0.25, 0.3) is 0 Å². The molecule has 0 spiro atoms. The maximum atomic E-state index is 4.35. The molecule has 1 fully saturated rings. The first-order valence-electron chi connectivity index (χ1n) is 5.36. The molecular weight excluding hydrogens is 172 g/mol. The number of nitrogens with zero attached hydrogens (tertiary/aromatic N) is 1. The Morgan fingerprint density at radius 1 is 1.43 bits per heavy atom. The summed E-state index contributed by atoms with van der Waals surface area (Å²) in [5, 5.41) is 3.52. The van der Waals surface area contributed by atoms with Gasteiger partial charge in [0.2, 0.25) is 0 Å². The highest BCUT2D eigenvalue weighted by atomic mass is 15.0. The molecule has 0 aromatic carbocycles. The molecule has 0 aliphatic heterocycles. The minimum Gasteiger partial charge on any atom is -0.367 e. The van der Waals surface area contributed by atoms with Crippen LogP contribution in [0.25, 0.3) is 0 Å². The topological polar surface area (TPSA) is 24.9 Å². The molecule has 1 N–H and O–H groups in total. The Labute approximate surface area is 85.7 Å². The van der Waals surface area contributed by atoms with Crippen LogP contribution >= 0.6 is 0 Å². The number of hydrogen-bond acceptors (Lipinski definition) is 2. The second-order valence-electron chi connectivity index (χ2n) is 4.49. The van der Waals surface area contributed by atoms with Crippen LogP contribution in [0.2, 0.25) is 0 Å². The van der Waals surface area contributed by atoms with Crippen LogP contribution in [0.5, 0.6) is 0 Å². The molecular formula is C12H18N2. The van der Waals surface area contributed by atoms with Gasteiger partial charge in [0.15, 0.2) is 0 Å². The highest BCUT2D eigenvalue weighted by Crippen LogP contribution is 2.35. The van der Waals surface area contributed by atoms with Crippen molar-refractivity contribution in [2.24, 2.45) is 11.8 Å². The second kappa shape index (κ2) is 3.60. The van der Waals surface area contributed by atoms with Gasteiger partial charge in [-0.15, -0.1) is 0 Å². The fourth-order valence-electron chi connectivity index (χ4n) is 2.03. The van der Waals surface area contributed by atoms with Crippen LogP contribution in [0.3, 0.4) is 0 Å². The van der Waals surface area contributed by atoms with Crippen molar-refractivity contribution in [3.05, 3.63) is 23.9 Å². The SMILES string of the molecule is Cc1cccnc1NC1CC(C)C1C. The Morgan fingerprint density at radius 2 is 2.21 bits per heavy atom. The van der Waals surface area contributed by atoms with E-state index in [9.17, 15) is 0 Å². The summed E-state index contributed by atoms with van der Waals surface area (Å²) in [5.41, 5.74) is 1.24. The zero-order valence-electron chi connectivity index (χ0n) is 9.12. The molecule has 3 unspecified atom stereocenters. The molecule has 0 bridgehead atoms. The zero-order valence-corrected chi connectivity index (χ0v) is 9.12. The van der Waals surface area contributed by atoms with Crippen molar-refractivity contribution in [1.29, 1.82) is 0 Å². The monoisotopic (exact) mass is 190 g/mol. The van der Waals surface area contributed by atoms with Crippen molar-refractivity contribution in [3.63, 3.8) is 0 Å². The summed E-state index contributed by atoms with van der Waals surface area (Å²) in [7, 11) is 0. The first kappa shape index (κ1) is 9.50. The average molecular weight is 190 g/mol. The van der Waals surface area contributed by atoms with Crippen molar-refractivity contribution in [2.45, 2.75) is 33.2 Å². The fraction of sp³-hybridized carbons (Fsp3) is 0.583. The Kier molecular flexibility index (Phi) is 2.44. The van der Waals surface area contributed by atoms with Gasteiger partial charge in [0, 0.05) is 12.2 Å². The molecule has 2 heteroatoms. The molecule has 0 radical (unpaired) electrons. The number of rotatable bonds is 2. The Bertz CT molecular complexity index is 322. The van der Waals surface area contributed by atoms with Gasteiger partial charge in [-0.05, 0) is 36.8 Å². The summed E-state index contributed by atoms with van der Waals surface area (Å²) in [6.45, 7) is 6.72. The number of nitrogens with one attached hydrogen (secondary N) is 1. The molecule has 1 aliphatic carbocycles. The summed E-state index contributed by atoms with van der Waals surface area (Å²) in [4.78, 5) is 4.35. The van der Waals surface area contributed by atoms with Crippen LogP contribution in [0, 0.1) is 18.8 Å². The van der Waals surface area contributed by atoms with Gasteiger partial charge in [-0.2, -0.15) is 0 Å². The summed E-state index contributed by atoms with van der Waals surface area (Å²) in [5.74, 6) is 2.68. The Balaban J connectivity index is 2.02. The van der Waals surface area contributed by atoms with E-state index in [2.05, 4.69) is 37.1 Å². The van der Waals surface area contributed by atoms with E-state index in [1.807, 2.05) is 12.3 Å². The van der Waals surface area contributed by atoms with Crippen molar-refractivity contribution < 1.29 is 0 Å². The molecule has 76 valence electrons. The van der Waals surface area contributed by atoms with E-state index >= 15 is 0 Å². The average Bonchev–Trinajstić information content (AvgIpc) is 2.20. The van der Waals surface area contributed by atoms with Crippen molar-refractivity contribution in [3.8, 4) is 0 Å². The van der Waals surface area contributed by atoms with Crippen LogP contribution in [0.15, 0.2) is 18.3 Å². The molecule has 0 amide bonds. The first-order valence-corrected chi connectivity index (χ1v) is 5.36. The molecule has 1 aromatic rings. The Hall–Kier alpha value is -1.05. The summed E-state index contributed by atoms with van der Waals surface area (Å²) in [6, 6.07) is 4.70. The minimum atomic E-state index is 0.624. The number of hydrogen-bond donors (Lipinski definition) is 1. The summed E-state index contributed by atoms with van der Waals surface area (Å²) < 4.78 is 0. The molecule has 3 atom stereocenters. The molecule has 1 aliphatic rings. The van der Waals surface area contributed by atoms with Gasteiger partial charge in [-0.25, -0.2) is 4.98 Å².